The molecule has 0 nitrogen and oxygen atoms in total. The molecule has 0 aromatic heterocycles. The van der Waals surface area contributed by atoms with Crippen LogP contribution in [0.4, 0.5) is 0 Å². The lowest BCUT2D eigenvalue weighted by Gasteiger charge is -2.40. The lowest BCUT2D eigenvalue weighted by atomic mass is 9.46. The summed E-state index contributed by atoms with van der Waals surface area (Å²) in [6, 6.07) is 0. The largest absolute Gasteiger partial charge is 0.0965 e. The Labute approximate surface area is 84.7 Å². The molecule has 2 fully saturated rings. The van der Waals surface area contributed by atoms with Gasteiger partial charge in [-0.2, -0.15) is 0 Å². The first-order valence-corrected chi connectivity index (χ1v) is 5.66. The van der Waals surface area contributed by atoms with Crippen LogP contribution in [0.15, 0.2) is 0 Å². The predicted molar refractivity (Wildman–Crippen MR) is 58.1 cm³/mol. The highest BCUT2D eigenvalue weighted by atomic mass is 14.5. The van der Waals surface area contributed by atoms with Crippen molar-refractivity contribution in [3.63, 3.8) is 0 Å². The van der Waals surface area contributed by atoms with Crippen molar-refractivity contribution >= 4 is 15.7 Å². The van der Waals surface area contributed by atoms with E-state index in [-0.39, 0.29) is 5.21 Å². The quantitative estimate of drug-likeness (QED) is 0.561. The maximum atomic E-state index is 6.10. The third kappa shape index (κ3) is 1.57. The molecule has 0 N–H and O–H groups in total. The zero-order valence-corrected chi connectivity index (χ0v) is 8.68. The molecular weight excluding hydrogens is 154 g/mol. The molecule has 0 heterocycles. The van der Waals surface area contributed by atoms with Crippen LogP contribution in [0.1, 0.15) is 51.9 Å². The molecule has 0 saturated heterocycles. The zero-order valence-electron chi connectivity index (χ0n) is 8.68. The summed E-state index contributed by atoms with van der Waals surface area (Å²) in [5.74, 6) is 0.581. The van der Waals surface area contributed by atoms with E-state index in [2.05, 4.69) is 6.92 Å². The minimum atomic E-state index is -0.390. The summed E-state index contributed by atoms with van der Waals surface area (Å²) in [5.41, 5.74) is 0.684. The second kappa shape index (κ2) is 3.07. The lowest BCUT2D eigenvalue weighted by molar-refractivity contribution is 0.134. The minimum Gasteiger partial charge on any atom is -0.0965 e. The standard InChI is InChI=1S/C11H18B2/c1-2-11(12,13)9-4-7-10(8-9)5-3-6-10/h9H,2-8H2,1H3. The van der Waals surface area contributed by atoms with Gasteiger partial charge in [-0.15, -0.1) is 0 Å². The molecule has 2 saturated carbocycles. The summed E-state index contributed by atoms with van der Waals surface area (Å²) in [5, 5.41) is -0.390. The fourth-order valence-corrected chi connectivity index (χ4v) is 3.09. The molecule has 1 unspecified atom stereocenters. The molecule has 1 atom stereocenters. The van der Waals surface area contributed by atoms with Crippen molar-refractivity contribution in [2.75, 3.05) is 0 Å². The number of hydrogen-bond donors (Lipinski definition) is 0. The molecule has 2 rings (SSSR count). The molecule has 0 aromatic carbocycles. The van der Waals surface area contributed by atoms with E-state index in [0.717, 1.165) is 6.42 Å². The van der Waals surface area contributed by atoms with Crippen molar-refractivity contribution < 1.29 is 0 Å². The van der Waals surface area contributed by atoms with E-state index in [4.69, 9.17) is 15.7 Å². The van der Waals surface area contributed by atoms with E-state index >= 15 is 0 Å². The van der Waals surface area contributed by atoms with Gasteiger partial charge < -0.3 is 0 Å². The van der Waals surface area contributed by atoms with Gasteiger partial charge in [-0.25, -0.2) is 0 Å². The van der Waals surface area contributed by atoms with Gasteiger partial charge in [0.1, 0.15) is 0 Å². The summed E-state index contributed by atoms with van der Waals surface area (Å²) in [6.45, 7) is 2.10. The normalized spacial score (nSPS) is 31.9. The third-order valence-corrected chi connectivity index (χ3v) is 4.49. The van der Waals surface area contributed by atoms with Crippen molar-refractivity contribution in [1.82, 2.24) is 0 Å². The summed E-state index contributed by atoms with van der Waals surface area (Å²) in [7, 11) is 12.2. The monoisotopic (exact) mass is 172 g/mol. The fraction of sp³-hybridized carbons (Fsp3) is 1.00. The highest BCUT2D eigenvalue weighted by Crippen LogP contribution is 2.59. The first-order valence-electron chi connectivity index (χ1n) is 5.66. The van der Waals surface area contributed by atoms with Crippen LogP contribution in [-0.4, -0.2) is 15.7 Å². The van der Waals surface area contributed by atoms with E-state index in [1.807, 2.05) is 0 Å². The molecule has 68 valence electrons. The van der Waals surface area contributed by atoms with E-state index < -0.39 is 0 Å². The topological polar surface area (TPSA) is 0 Å². The summed E-state index contributed by atoms with van der Waals surface area (Å²) < 4.78 is 0. The van der Waals surface area contributed by atoms with Crippen LogP contribution in [-0.2, 0) is 0 Å². The van der Waals surface area contributed by atoms with Gasteiger partial charge in [-0.05, 0) is 31.1 Å². The first kappa shape index (κ1) is 9.68. The van der Waals surface area contributed by atoms with Gasteiger partial charge in [0, 0.05) is 0 Å². The Morgan fingerprint density at radius 2 is 2.00 bits per heavy atom. The van der Waals surface area contributed by atoms with Gasteiger partial charge in [0.2, 0.25) is 0 Å². The molecule has 2 heteroatoms. The molecule has 2 aliphatic rings. The summed E-state index contributed by atoms with van der Waals surface area (Å²) >= 11 is 0. The molecule has 13 heavy (non-hydrogen) atoms. The van der Waals surface area contributed by atoms with Crippen molar-refractivity contribution in [3.8, 4) is 0 Å². The average molecular weight is 172 g/mol. The Morgan fingerprint density at radius 3 is 2.38 bits per heavy atom. The van der Waals surface area contributed by atoms with Crippen LogP contribution in [0.3, 0.4) is 0 Å². The lowest BCUT2D eigenvalue weighted by Crippen LogP contribution is -2.28. The Kier molecular flexibility index (Phi) is 2.28. The Morgan fingerprint density at radius 1 is 1.31 bits per heavy atom. The molecule has 2 aliphatic carbocycles. The molecule has 0 amide bonds. The van der Waals surface area contributed by atoms with Crippen molar-refractivity contribution in [2.45, 2.75) is 57.1 Å². The van der Waals surface area contributed by atoms with Gasteiger partial charge in [-0.3, -0.25) is 0 Å². The highest BCUT2D eigenvalue weighted by Gasteiger charge is 2.46. The molecule has 4 radical (unpaired) electrons. The van der Waals surface area contributed by atoms with Gasteiger partial charge in [0.15, 0.2) is 0 Å². The van der Waals surface area contributed by atoms with Crippen molar-refractivity contribution in [1.29, 1.82) is 0 Å². The average Bonchev–Trinajstić information content (AvgIpc) is 2.48. The van der Waals surface area contributed by atoms with E-state index in [1.54, 1.807) is 0 Å². The third-order valence-electron chi connectivity index (χ3n) is 4.49. The van der Waals surface area contributed by atoms with Gasteiger partial charge in [-0.1, -0.05) is 37.3 Å². The molecule has 0 aliphatic heterocycles. The molecule has 0 bridgehead atoms. The maximum absolute atomic E-state index is 6.10. The molecule has 1 spiro atoms. The van der Waals surface area contributed by atoms with E-state index in [0.29, 0.717) is 11.3 Å². The SMILES string of the molecule is [B]C([B])(CC)C1CCC2(CCC2)C1. The van der Waals surface area contributed by atoms with Crippen LogP contribution < -0.4 is 0 Å². The number of hydrogen-bond acceptors (Lipinski definition) is 0. The van der Waals surface area contributed by atoms with Crippen LogP contribution in [0.5, 0.6) is 0 Å². The zero-order chi connectivity index (χ0) is 9.53. The van der Waals surface area contributed by atoms with E-state index in [9.17, 15) is 0 Å². The van der Waals surface area contributed by atoms with Crippen LogP contribution in [0.25, 0.3) is 0 Å². The Hall–Kier alpha value is 0.130. The van der Waals surface area contributed by atoms with Gasteiger partial charge in [0.05, 0.1) is 15.7 Å². The van der Waals surface area contributed by atoms with E-state index in [1.165, 1.54) is 38.5 Å². The molecule has 0 aromatic rings. The van der Waals surface area contributed by atoms with Crippen LogP contribution >= 0.6 is 0 Å². The van der Waals surface area contributed by atoms with Crippen molar-refractivity contribution in [3.05, 3.63) is 0 Å². The van der Waals surface area contributed by atoms with Gasteiger partial charge >= 0.3 is 0 Å². The Balaban J connectivity index is 1.97. The molecular formula is C11H18B2. The fourth-order valence-electron chi connectivity index (χ4n) is 3.09. The summed E-state index contributed by atoms with van der Waals surface area (Å²) in [4.78, 5) is 0. The minimum absolute atomic E-state index is 0.390. The predicted octanol–water partition coefficient (Wildman–Crippen LogP) is 2.82. The smallest absolute Gasteiger partial charge is 0.0624 e. The summed E-state index contributed by atoms with van der Waals surface area (Å²) in [6.07, 6.45) is 9.16. The van der Waals surface area contributed by atoms with Crippen LogP contribution in [0.2, 0.25) is 5.21 Å². The van der Waals surface area contributed by atoms with Crippen molar-refractivity contribution in [2.24, 2.45) is 11.3 Å². The van der Waals surface area contributed by atoms with Gasteiger partial charge in [0.25, 0.3) is 0 Å². The maximum Gasteiger partial charge on any atom is 0.0624 e. The number of rotatable bonds is 2. The van der Waals surface area contributed by atoms with Crippen LogP contribution in [0, 0.1) is 11.3 Å². The highest BCUT2D eigenvalue weighted by molar-refractivity contribution is 6.39. The second-order valence-corrected chi connectivity index (χ2v) is 5.26. The Bertz CT molecular complexity index is 194. The second-order valence-electron chi connectivity index (χ2n) is 5.26. The first-order chi connectivity index (χ1) is 6.08.